The van der Waals surface area contributed by atoms with E-state index in [1.165, 1.54) is 5.56 Å². The molecule has 0 aliphatic carbocycles. The van der Waals surface area contributed by atoms with Crippen molar-refractivity contribution in [2.24, 2.45) is 0 Å². The molecule has 16 heavy (non-hydrogen) atoms. The molecule has 1 aromatic heterocycles. The van der Waals surface area contributed by atoms with Gasteiger partial charge >= 0.3 is 0 Å². The Morgan fingerprint density at radius 2 is 1.88 bits per heavy atom. The third-order valence-corrected chi connectivity index (χ3v) is 2.55. The topological polar surface area (TPSA) is 28.7 Å². The highest BCUT2D eigenvalue weighted by Gasteiger charge is 2.07. The van der Waals surface area contributed by atoms with E-state index < -0.39 is 0 Å². The number of aromatic nitrogens is 2. The van der Waals surface area contributed by atoms with Gasteiger partial charge < -0.3 is 4.98 Å². The molecule has 0 saturated heterocycles. The van der Waals surface area contributed by atoms with E-state index in [2.05, 4.69) is 41.2 Å². The molecule has 4 heteroatoms. The number of hydrogen-bond acceptors (Lipinski definition) is 1. The van der Waals surface area contributed by atoms with Crippen LogP contribution in [-0.2, 0) is 0 Å². The Balaban J connectivity index is 0.00000128. The Morgan fingerprint density at radius 1 is 1.25 bits per heavy atom. The quantitative estimate of drug-likeness (QED) is 0.806. The summed E-state index contributed by atoms with van der Waals surface area (Å²) in [6.07, 6.45) is 1.85. The number of nitrogens with zero attached hydrogens (tertiary/aromatic N) is 1. The van der Waals surface area contributed by atoms with Gasteiger partial charge in [-0.2, -0.15) is 0 Å². The summed E-state index contributed by atoms with van der Waals surface area (Å²) in [7, 11) is 0. The molecule has 0 aliphatic heterocycles. The first kappa shape index (κ1) is 13.1. The van der Waals surface area contributed by atoms with Crippen LogP contribution in [0.15, 0.2) is 30.5 Å². The Kier molecular flexibility index (Phi) is 4.39. The number of H-pyrrole nitrogens is 1. The minimum absolute atomic E-state index is 0. The van der Waals surface area contributed by atoms with Gasteiger partial charge in [0.15, 0.2) is 0 Å². The van der Waals surface area contributed by atoms with E-state index in [0.29, 0.717) is 0 Å². The fourth-order valence-corrected chi connectivity index (χ4v) is 1.51. The SMILES string of the molecule is Cc1ccc(-c2nc(C(C)Cl)c[nH]2)cc1.Cl. The van der Waals surface area contributed by atoms with Crippen LogP contribution in [-0.4, -0.2) is 9.97 Å². The summed E-state index contributed by atoms with van der Waals surface area (Å²) in [4.78, 5) is 7.55. The van der Waals surface area contributed by atoms with Crippen LogP contribution in [0, 0.1) is 6.92 Å². The van der Waals surface area contributed by atoms with Crippen LogP contribution >= 0.6 is 24.0 Å². The molecule has 2 nitrogen and oxygen atoms in total. The van der Waals surface area contributed by atoms with Crippen molar-refractivity contribution in [2.45, 2.75) is 19.2 Å². The van der Waals surface area contributed by atoms with Crippen molar-refractivity contribution in [3.63, 3.8) is 0 Å². The second kappa shape index (κ2) is 5.37. The molecule has 1 N–H and O–H groups in total. The second-order valence-electron chi connectivity index (χ2n) is 3.66. The highest BCUT2D eigenvalue weighted by atomic mass is 35.5. The number of imidazole rings is 1. The van der Waals surface area contributed by atoms with Crippen molar-refractivity contribution in [3.05, 3.63) is 41.7 Å². The van der Waals surface area contributed by atoms with Crippen LogP contribution in [0.4, 0.5) is 0 Å². The van der Waals surface area contributed by atoms with E-state index in [-0.39, 0.29) is 17.8 Å². The zero-order valence-electron chi connectivity index (χ0n) is 9.20. The van der Waals surface area contributed by atoms with E-state index in [0.717, 1.165) is 17.1 Å². The van der Waals surface area contributed by atoms with Gasteiger partial charge in [-0.25, -0.2) is 4.98 Å². The summed E-state index contributed by atoms with van der Waals surface area (Å²) >= 11 is 5.95. The number of aromatic amines is 1. The van der Waals surface area contributed by atoms with Gasteiger partial charge in [0, 0.05) is 11.8 Å². The van der Waals surface area contributed by atoms with Crippen molar-refractivity contribution in [1.82, 2.24) is 9.97 Å². The second-order valence-corrected chi connectivity index (χ2v) is 4.31. The lowest BCUT2D eigenvalue weighted by atomic mass is 10.1. The van der Waals surface area contributed by atoms with Gasteiger partial charge in [-0.05, 0) is 13.8 Å². The molecule has 1 unspecified atom stereocenters. The number of benzene rings is 1. The van der Waals surface area contributed by atoms with Gasteiger partial charge in [-0.3, -0.25) is 0 Å². The fourth-order valence-electron chi connectivity index (χ4n) is 1.40. The van der Waals surface area contributed by atoms with E-state index in [1.807, 2.05) is 13.1 Å². The van der Waals surface area contributed by atoms with Crippen molar-refractivity contribution < 1.29 is 0 Å². The molecule has 2 rings (SSSR count). The zero-order chi connectivity index (χ0) is 10.8. The van der Waals surface area contributed by atoms with Crippen molar-refractivity contribution >= 4 is 24.0 Å². The molecule has 0 aliphatic rings. The number of hydrogen-bond donors (Lipinski definition) is 1. The average Bonchev–Trinajstić information content (AvgIpc) is 2.68. The van der Waals surface area contributed by atoms with Gasteiger partial charge in [0.05, 0.1) is 11.1 Å². The minimum atomic E-state index is -0.0551. The van der Waals surface area contributed by atoms with Crippen LogP contribution < -0.4 is 0 Å². The van der Waals surface area contributed by atoms with Crippen LogP contribution in [0.3, 0.4) is 0 Å². The molecule has 0 bridgehead atoms. The van der Waals surface area contributed by atoms with Crippen LogP contribution in [0.2, 0.25) is 0 Å². The highest BCUT2D eigenvalue weighted by molar-refractivity contribution is 6.20. The summed E-state index contributed by atoms with van der Waals surface area (Å²) in [5.41, 5.74) is 3.22. The lowest BCUT2D eigenvalue weighted by Gasteiger charge is -1.97. The first-order valence-corrected chi connectivity index (χ1v) is 5.37. The van der Waals surface area contributed by atoms with Crippen LogP contribution in [0.1, 0.15) is 23.6 Å². The summed E-state index contributed by atoms with van der Waals surface area (Å²) in [6, 6.07) is 8.25. The molecule has 1 aromatic carbocycles. The molecular formula is C12H14Cl2N2. The number of halogens is 2. The first-order valence-electron chi connectivity index (χ1n) is 4.93. The Hall–Kier alpha value is -0.990. The zero-order valence-corrected chi connectivity index (χ0v) is 10.8. The van der Waals surface area contributed by atoms with Crippen LogP contribution in [0.25, 0.3) is 11.4 Å². The molecule has 0 saturated carbocycles. The van der Waals surface area contributed by atoms with Crippen LogP contribution in [0.5, 0.6) is 0 Å². The van der Waals surface area contributed by atoms with Gasteiger partial charge in [-0.15, -0.1) is 24.0 Å². The van der Waals surface area contributed by atoms with E-state index in [4.69, 9.17) is 11.6 Å². The number of rotatable bonds is 2. The first-order chi connectivity index (χ1) is 7.16. The Morgan fingerprint density at radius 3 is 2.38 bits per heavy atom. The minimum Gasteiger partial charge on any atom is -0.344 e. The fraction of sp³-hybridized carbons (Fsp3) is 0.250. The molecule has 1 heterocycles. The van der Waals surface area contributed by atoms with E-state index >= 15 is 0 Å². The Labute approximate surface area is 106 Å². The molecule has 1 atom stereocenters. The molecule has 0 fully saturated rings. The number of aryl methyl sites for hydroxylation is 1. The molecule has 0 radical (unpaired) electrons. The van der Waals surface area contributed by atoms with Gasteiger partial charge in [0.25, 0.3) is 0 Å². The molecule has 86 valence electrons. The third-order valence-electron chi connectivity index (χ3n) is 2.33. The maximum atomic E-state index is 5.95. The largest absolute Gasteiger partial charge is 0.344 e. The lowest BCUT2D eigenvalue weighted by molar-refractivity contribution is 1.02. The van der Waals surface area contributed by atoms with Gasteiger partial charge in [0.2, 0.25) is 0 Å². The average molecular weight is 257 g/mol. The van der Waals surface area contributed by atoms with E-state index in [1.54, 1.807) is 0 Å². The van der Waals surface area contributed by atoms with Crippen molar-refractivity contribution in [3.8, 4) is 11.4 Å². The lowest BCUT2D eigenvalue weighted by Crippen LogP contribution is -1.84. The summed E-state index contributed by atoms with van der Waals surface area (Å²) in [5, 5.41) is -0.0551. The van der Waals surface area contributed by atoms with E-state index in [9.17, 15) is 0 Å². The van der Waals surface area contributed by atoms with Gasteiger partial charge in [-0.1, -0.05) is 29.8 Å². The standard InChI is InChI=1S/C12H13ClN2.ClH/c1-8-3-5-10(6-4-8)12-14-7-11(15-12)9(2)13;/h3-7,9H,1-2H3,(H,14,15);1H. The normalized spacial score (nSPS) is 11.9. The third kappa shape index (κ3) is 2.77. The monoisotopic (exact) mass is 256 g/mol. The predicted molar refractivity (Wildman–Crippen MR) is 70.3 cm³/mol. The predicted octanol–water partition coefficient (Wildman–Crippen LogP) is 4.11. The highest BCUT2D eigenvalue weighted by Crippen LogP contribution is 2.21. The van der Waals surface area contributed by atoms with Crippen molar-refractivity contribution in [2.75, 3.05) is 0 Å². The summed E-state index contributed by atoms with van der Waals surface area (Å²) in [6.45, 7) is 3.98. The number of nitrogens with one attached hydrogen (secondary N) is 1. The number of alkyl halides is 1. The van der Waals surface area contributed by atoms with Gasteiger partial charge in [0.1, 0.15) is 5.82 Å². The smallest absolute Gasteiger partial charge is 0.137 e. The molecule has 0 amide bonds. The molecule has 2 aromatic rings. The summed E-state index contributed by atoms with van der Waals surface area (Å²) in [5.74, 6) is 0.873. The molecular weight excluding hydrogens is 243 g/mol. The Bertz CT molecular complexity index is 446. The van der Waals surface area contributed by atoms with Crippen molar-refractivity contribution in [1.29, 1.82) is 0 Å². The maximum Gasteiger partial charge on any atom is 0.137 e. The summed E-state index contributed by atoms with van der Waals surface area (Å²) < 4.78 is 0. The maximum absolute atomic E-state index is 5.95. The molecule has 0 spiro atoms.